The van der Waals surface area contributed by atoms with Crippen molar-refractivity contribution < 1.29 is 13.9 Å². The molecule has 1 fully saturated rings. The summed E-state index contributed by atoms with van der Waals surface area (Å²) in [6.45, 7) is 1.17. The summed E-state index contributed by atoms with van der Waals surface area (Å²) in [6, 6.07) is 7.08. The van der Waals surface area contributed by atoms with Crippen molar-refractivity contribution in [2.45, 2.75) is 12.5 Å². The van der Waals surface area contributed by atoms with Crippen molar-refractivity contribution in [3.8, 4) is 5.88 Å². The molecule has 1 atom stereocenters. The van der Waals surface area contributed by atoms with E-state index in [2.05, 4.69) is 36.8 Å². The summed E-state index contributed by atoms with van der Waals surface area (Å²) in [5.74, 6) is 0.769. The molecule has 1 amide bonds. The van der Waals surface area contributed by atoms with Crippen molar-refractivity contribution in [1.82, 2.24) is 9.88 Å². The summed E-state index contributed by atoms with van der Waals surface area (Å²) < 4.78 is 12.5. The van der Waals surface area contributed by atoms with Gasteiger partial charge in [-0.3, -0.25) is 4.79 Å². The number of carbonyl (C=O) groups is 1. The molecule has 1 saturated heterocycles. The number of carbonyl (C=O) groups excluding carboxylic acids is 1. The van der Waals surface area contributed by atoms with Crippen molar-refractivity contribution in [2.24, 2.45) is 0 Å². The van der Waals surface area contributed by atoms with E-state index in [0.29, 0.717) is 29.4 Å². The van der Waals surface area contributed by atoms with Gasteiger partial charge in [-0.25, -0.2) is 4.98 Å². The summed E-state index contributed by atoms with van der Waals surface area (Å²) in [5.41, 5.74) is 0. The number of ether oxygens (including phenoxy) is 1. The molecule has 3 heterocycles. The molecular weight excluding hydrogens is 404 g/mol. The van der Waals surface area contributed by atoms with Gasteiger partial charge in [-0.15, -0.1) is 0 Å². The van der Waals surface area contributed by atoms with Gasteiger partial charge in [-0.2, -0.15) is 0 Å². The second-order valence-corrected chi connectivity index (χ2v) is 6.31. The molecule has 3 rings (SSSR count). The number of pyridine rings is 1. The Balaban J connectivity index is 1.63. The molecule has 1 aliphatic rings. The Morgan fingerprint density at radius 2 is 2.24 bits per heavy atom. The predicted molar refractivity (Wildman–Crippen MR) is 83.3 cm³/mol. The minimum Gasteiger partial charge on any atom is -0.472 e. The lowest BCUT2D eigenvalue weighted by molar-refractivity contribution is 0.0738. The van der Waals surface area contributed by atoms with Crippen LogP contribution in [-0.2, 0) is 0 Å². The number of rotatable bonds is 3. The van der Waals surface area contributed by atoms with E-state index in [1.807, 2.05) is 12.1 Å². The summed E-state index contributed by atoms with van der Waals surface area (Å²) in [7, 11) is 0. The van der Waals surface area contributed by atoms with Crippen molar-refractivity contribution >= 4 is 37.8 Å². The van der Waals surface area contributed by atoms with Crippen LogP contribution in [0, 0.1) is 0 Å². The monoisotopic (exact) mass is 414 g/mol. The summed E-state index contributed by atoms with van der Waals surface area (Å²) in [4.78, 5) is 18.2. The van der Waals surface area contributed by atoms with Gasteiger partial charge in [0.05, 0.1) is 11.0 Å². The van der Waals surface area contributed by atoms with E-state index in [1.165, 1.54) is 0 Å². The second-order valence-electron chi connectivity index (χ2n) is 4.67. The van der Waals surface area contributed by atoms with Crippen LogP contribution in [0.25, 0.3) is 0 Å². The van der Waals surface area contributed by atoms with E-state index >= 15 is 0 Å². The largest absolute Gasteiger partial charge is 0.472 e. The number of nitrogens with zero attached hydrogens (tertiary/aromatic N) is 2. The van der Waals surface area contributed by atoms with Gasteiger partial charge < -0.3 is 14.1 Å². The predicted octanol–water partition coefficient (Wildman–Crippen LogP) is 3.49. The molecule has 2 aromatic heterocycles. The average Bonchev–Trinajstić information content (AvgIpc) is 3.10. The van der Waals surface area contributed by atoms with Crippen LogP contribution in [0.5, 0.6) is 5.88 Å². The number of hydrogen-bond donors (Lipinski definition) is 0. The lowest BCUT2D eigenvalue weighted by Crippen LogP contribution is -2.30. The Kier molecular flexibility index (Phi) is 4.30. The maximum atomic E-state index is 12.3. The molecule has 21 heavy (non-hydrogen) atoms. The van der Waals surface area contributed by atoms with Gasteiger partial charge in [0.25, 0.3) is 5.91 Å². The third kappa shape index (κ3) is 3.29. The van der Waals surface area contributed by atoms with E-state index in [0.717, 1.165) is 10.9 Å². The first-order valence-electron chi connectivity index (χ1n) is 6.45. The van der Waals surface area contributed by atoms with Gasteiger partial charge in [0.15, 0.2) is 10.4 Å². The first kappa shape index (κ1) is 14.6. The third-order valence-electron chi connectivity index (χ3n) is 3.22. The van der Waals surface area contributed by atoms with Crippen LogP contribution < -0.4 is 4.74 Å². The van der Waals surface area contributed by atoms with E-state index < -0.39 is 0 Å². The number of halogens is 2. The van der Waals surface area contributed by atoms with Gasteiger partial charge in [-0.05, 0) is 56.1 Å². The first-order valence-corrected chi connectivity index (χ1v) is 8.04. The minimum absolute atomic E-state index is 0.0569. The standard InChI is InChI=1S/C14H12Br2N2O3/c15-10-2-1-6-17-13(10)20-9-5-7-18(8-9)14(19)11-3-4-12(16)21-11/h1-4,6,9H,5,7-8H2. The lowest BCUT2D eigenvalue weighted by atomic mass is 10.3. The molecular formula is C14H12Br2N2O3. The fraction of sp³-hybridized carbons (Fsp3) is 0.286. The van der Waals surface area contributed by atoms with Gasteiger partial charge in [0, 0.05) is 19.2 Å². The molecule has 1 unspecified atom stereocenters. The SMILES string of the molecule is O=C(c1ccc(Br)o1)N1CCC(Oc2ncccc2Br)C1. The van der Waals surface area contributed by atoms with E-state index in [-0.39, 0.29) is 12.0 Å². The zero-order valence-electron chi connectivity index (χ0n) is 11.0. The van der Waals surface area contributed by atoms with Crippen molar-refractivity contribution in [3.63, 3.8) is 0 Å². The molecule has 0 saturated carbocycles. The molecule has 5 nitrogen and oxygen atoms in total. The normalized spacial score (nSPS) is 18.0. The van der Waals surface area contributed by atoms with Crippen LogP contribution in [0.4, 0.5) is 0 Å². The zero-order chi connectivity index (χ0) is 14.8. The number of likely N-dealkylation sites (tertiary alicyclic amines) is 1. The highest BCUT2D eigenvalue weighted by Gasteiger charge is 2.30. The van der Waals surface area contributed by atoms with Crippen LogP contribution in [-0.4, -0.2) is 35.0 Å². The third-order valence-corrected chi connectivity index (χ3v) is 4.25. The fourth-order valence-electron chi connectivity index (χ4n) is 2.21. The van der Waals surface area contributed by atoms with Gasteiger partial charge in [-0.1, -0.05) is 0 Å². The minimum atomic E-state index is -0.119. The quantitative estimate of drug-likeness (QED) is 0.769. The van der Waals surface area contributed by atoms with Crippen LogP contribution in [0.15, 0.2) is 44.0 Å². The molecule has 0 N–H and O–H groups in total. The molecule has 1 aliphatic heterocycles. The number of furan rings is 1. The molecule has 0 aromatic carbocycles. The molecule has 0 aliphatic carbocycles. The average molecular weight is 416 g/mol. The van der Waals surface area contributed by atoms with E-state index in [1.54, 1.807) is 23.2 Å². The Morgan fingerprint density at radius 3 is 2.95 bits per heavy atom. The molecule has 2 aromatic rings. The topological polar surface area (TPSA) is 55.6 Å². The van der Waals surface area contributed by atoms with Crippen LogP contribution in [0.1, 0.15) is 17.0 Å². The Bertz CT molecular complexity index is 659. The van der Waals surface area contributed by atoms with Crippen LogP contribution in [0.3, 0.4) is 0 Å². The highest BCUT2D eigenvalue weighted by molar-refractivity contribution is 9.10. The maximum absolute atomic E-state index is 12.3. The molecule has 0 bridgehead atoms. The van der Waals surface area contributed by atoms with Crippen LogP contribution in [0.2, 0.25) is 0 Å². The summed E-state index contributed by atoms with van der Waals surface area (Å²) in [6.07, 6.45) is 2.40. The second kappa shape index (κ2) is 6.19. The number of hydrogen-bond acceptors (Lipinski definition) is 4. The number of amides is 1. The highest BCUT2D eigenvalue weighted by Crippen LogP contribution is 2.25. The lowest BCUT2D eigenvalue weighted by Gasteiger charge is -2.16. The van der Waals surface area contributed by atoms with Crippen molar-refractivity contribution in [1.29, 1.82) is 0 Å². The molecule has 110 valence electrons. The Morgan fingerprint density at radius 1 is 1.38 bits per heavy atom. The van der Waals surface area contributed by atoms with Gasteiger partial charge >= 0.3 is 0 Å². The first-order chi connectivity index (χ1) is 10.1. The Hall–Kier alpha value is -1.34. The molecule has 0 radical (unpaired) electrons. The maximum Gasteiger partial charge on any atom is 0.289 e. The van der Waals surface area contributed by atoms with Crippen LogP contribution >= 0.6 is 31.9 Å². The van der Waals surface area contributed by atoms with Crippen molar-refractivity contribution in [2.75, 3.05) is 13.1 Å². The zero-order valence-corrected chi connectivity index (χ0v) is 14.1. The Labute approximate surface area is 138 Å². The fourth-order valence-corrected chi connectivity index (χ4v) is 2.86. The van der Waals surface area contributed by atoms with Gasteiger partial charge in [0.2, 0.25) is 5.88 Å². The summed E-state index contributed by atoms with van der Waals surface area (Å²) in [5, 5.41) is 0. The smallest absolute Gasteiger partial charge is 0.289 e. The van der Waals surface area contributed by atoms with Gasteiger partial charge in [0.1, 0.15) is 6.10 Å². The summed E-state index contributed by atoms with van der Waals surface area (Å²) >= 11 is 6.60. The van der Waals surface area contributed by atoms with E-state index in [4.69, 9.17) is 9.15 Å². The molecule has 7 heteroatoms. The number of aromatic nitrogens is 1. The highest BCUT2D eigenvalue weighted by atomic mass is 79.9. The van der Waals surface area contributed by atoms with Crippen molar-refractivity contribution in [3.05, 3.63) is 45.4 Å². The molecule has 0 spiro atoms. The van der Waals surface area contributed by atoms with E-state index in [9.17, 15) is 4.79 Å².